The average Bonchev–Trinajstić information content (AvgIpc) is 3.31. The first-order valence-corrected chi connectivity index (χ1v) is 11.6. The summed E-state index contributed by atoms with van der Waals surface area (Å²) in [7, 11) is 0. The summed E-state index contributed by atoms with van der Waals surface area (Å²) >= 11 is 0. The van der Waals surface area contributed by atoms with Crippen LogP contribution in [0.2, 0.25) is 0 Å². The number of hydrogen-bond acceptors (Lipinski definition) is 5. The summed E-state index contributed by atoms with van der Waals surface area (Å²) in [5.41, 5.74) is 2.43. The molecule has 2 N–H and O–H groups in total. The molecular weight excluding hydrogens is 368 g/mol. The van der Waals surface area contributed by atoms with Crippen molar-refractivity contribution in [3.05, 3.63) is 29.3 Å². The number of rotatable bonds is 2. The zero-order chi connectivity index (χ0) is 19.4. The van der Waals surface area contributed by atoms with Gasteiger partial charge in [0, 0.05) is 30.2 Å². The van der Waals surface area contributed by atoms with Gasteiger partial charge in [-0.25, -0.2) is 0 Å². The van der Waals surface area contributed by atoms with Gasteiger partial charge in [0.05, 0.1) is 6.61 Å². The number of aromatic hydroxyl groups is 1. The van der Waals surface area contributed by atoms with Crippen LogP contribution in [-0.2, 0) is 21.1 Å². The van der Waals surface area contributed by atoms with Crippen molar-refractivity contribution in [2.24, 2.45) is 29.1 Å². The van der Waals surface area contributed by atoms with Crippen molar-refractivity contribution >= 4 is 0 Å². The summed E-state index contributed by atoms with van der Waals surface area (Å²) in [5.74, 6) is 2.36. The van der Waals surface area contributed by atoms with Crippen molar-refractivity contribution < 1.29 is 24.7 Å². The summed E-state index contributed by atoms with van der Waals surface area (Å²) in [6.45, 7) is -0.134. The maximum absolute atomic E-state index is 9.85. The fourth-order valence-corrected chi connectivity index (χ4v) is 8.45. The molecule has 1 aliphatic heterocycles. The molecule has 1 heterocycles. The monoisotopic (exact) mass is 398 g/mol. The minimum Gasteiger partial charge on any atom is -0.508 e. The van der Waals surface area contributed by atoms with Crippen LogP contribution >= 0.6 is 0 Å². The first-order valence-electron chi connectivity index (χ1n) is 11.6. The molecule has 4 atom stereocenters. The van der Waals surface area contributed by atoms with Crippen LogP contribution in [0, 0.1) is 29.1 Å². The molecule has 5 aliphatic carbocycles. The molecule has 5 nitrogen and oxygen atoms in total. The maximum Gasteiger partial charge on any atom is 0.210 e. The predicted molar refractivity (Wildman–Crippen MR) is 103 cm³/mol. The summed E-state index contributed by atoms with van der Waals surface area (Å²) in [6, 6.07) is 5.62. The van der Waals surface area contributed by atoms with E-state index in [1.165, 1.54) is 37.7 Å². The molecule has 5 heteroatoms. The zero-order valence-electron chi connectivity index (χ0n) is 16.8. The predicted octanol–water partition coefficient (Wildman–Crippen LogP) is 4.37. The van der Waals surface area contributed by atoms with E-state index >= 15 is 0 Å². The van der Waals surface area contributed by atoms with Gasteiger partial charge in [0.2, 0.25) is 11.6 Å². The lowest BCUT2D eigenvalue weighted by molar-refractivity contribution is -0.374. The zero-order valence-corrected chi connectivity index (χ0v) is 16.8. The number of benzene rings is 1. The molecule has 3 bridgehead atoms. The van der Waals surface area contributed by atoms with Gasteiger partial charge in [-0.3, -0.25) is 0 Å². The molecular formula is C24H30O5. The Balaban J connectivity index is 1.10. The molecule has 4 unspecified atom stereocenters. The maximum atomic E-state index is 9.85. The second kappa shape index (κ2) is 5.56. The minimum atomic E-state index is -0.581. The molecule has 156 valence electrons. The fourth-order valence-electron chi connectivity index (χ4n) is 8.45. The van der Waals surface area contributed by atoms with E-state index in [9.17, 15) is 10.2 Å². The highest BCUT2D eigenvalue weighted by Crippen LogP contribution is 2.79. The molecule has 6 aliphatic rings. The molecule has 5 saturated carbocycles. The Kier molecular flexibility index (Phi) is 3.36. The van der Waals surface area contributed by atoms with Gasteiger partial charge < -0.3 is 14.9 Å². The van der Waals surface area contributed by atoms with E-state index in [1.54, 1.807) is 6.07 Å². The Morgan fingerprint density at radius 3 is 2.31 bits per heavy atom. The molecule has 0 amide bonds. The molecule has 1 aromatic carbocycles. The lowest BCUT2D eigenvalue weighted by Gasteiger charge is -2.49. The van der Waals surface area contributed by atoms with Gasteiger partial charge >= 0.3 is 0 Å². The minimum absolute atomic E-state index is 0.134. The highest BCUT2D eigenvalue weighted by molar-refractivity contribution is 5.37. The third-order valence-corrected chi connectivity index (χ3v) is 9.89. The van der Waals surface area contributed by atoms with E-state index in [0.717, 1.165) is 37.5 Å². The van der Waals surface area contributed by atoms with Crippen LogP contribution in [0.1, 0.15) is 74.8 Å². The smallest absolute Gasteiger partial charge is 0.210 e. The third-order valence-electron chi connectivity index (χ3n) is 9.89. The van der Waals surface area contributed by atoms with Crippen LogP contribution < -0.4 is 0 Å². The SMILES string of the molecule is OCc1cc([C@H]2CC[C@]3(CC2)OO[C@]2(O3)C3CC4CC5CC2CC45C3)ccc1O. The molecule has 0 radical (unpaired) electrons. The molecule has 7 rings (SSSR count). The van der Waals surface area contributed by atoms with E-state index < -0.39 is 11.6 Å². The number of hydrogen-bond donors (Lipinski definition) is 2. The Morgan fingerprint density at radius 1 is 0.931 bits per heavy atom. The van der Waals surface area contributed by atoms with Gasteiger partial charge in [-0.2, -0.15) is 9.78 Å². The van der Waals surface area contributed by atoms with Crippen molar-refractivity contribution in [1.82, 2.24) is 0 Å². The average molecular weight is 398 g/mol. The van der Waals surface area contributed by atoms with Gasteiger partial charge in [0.25, 0.3) is 0 Å². The van der Waals surface area contributed by atoms with E-state index in [2.05, 4.69) is 0 Å². The quantitative estimate of drug-likeness (QED) is 0.724. The van der Waals surface area contributed by atoms with E-state index in [4.69, 9.17) is 14.5 Å². The third kappa shape index (κ3) is 2.10. The van der Waals surface area contributed by atoms with Crippen LogP contribution in [0.25, 0.3) is 0 Å². The Hall–Kier alpha value is -1.14. The number of fused-ring (bicyclic) bond motifs is 4. The lowest BCUT2D eigenvalue weighted by Crippen LogP contribution is -2.50. The largest absolute Gasteiger partial charge is 0.508 e. The van der Waals surface area contributed by atoms with Crippen molar-refractivity contribution in [2.75, 3.05) is 0 Å². The molecule has 1 aromatic rings. The number of phenols is 1. The summed E-state index contributed by atoms with van der Waals surface area (Å²) < 4.78 is 6.87. The second-order valence-electron chi connectivity index (χ2n) is 10.9. The van der Waals surface area contributed by atoms with Crippen LogP contribution in [0.4, 0.5) is 0 Å². The Bertz CT molecular complexity index is 833. The number of aliphatic hydroxyl groups excluding tert-OH is 1. The lowest BCUT2D eigenvalue weighted by atomic mass is 9.56. The summed E-state index contributed by atoms with van der Waals surface area (Å²) in [4.78, 5) is 12.3. The van der Waals surface area contributed by atoms with Crippen LogP contribution in [0.5, 0.6) is 5.75 Å². The van der Waals surface area contributed by atoms with Crippen molar-refractivity contribution in [2.45, 2.75) is 81.9 Å². The molecule has 29 heavy (non-hydrogen) atoms. The topological polar surface area (TPSA) is 68.2 Å². The highest BCUT2D eigenvalue weighted by atomic mass is 17.3. The Labute approximate surface area is 171 Å². The van der Waals surface area contributed by atoms with Crippen LogP contribution in [0.3, 0.4) is 0 Å². The first-order chi connectivity index (χ1) is 14.1. The first kappa shape index (κ1) is 17.5. The van der Waals surface area contributed by atoms with E-state index in [-0.39, 0.29) is 12.4 Å². The van der Waals surface area contributed by atoms with Gasteiger partial charge in [0.15, 0.2) is 0 Å². The second-order valence-corrected chi connectivity index (χ2v) is 10.9. The van der Waals surface area contributed by atoms with E-state index in [1.807, 2.05) is 12.1 Å². The van der Waals surface area contributed by atoms with Crippen molar-refractivity contribution in [1.29, 1.82) is 0 Å². The molecule has 6 fully saturated rings. The number of ether oxygens (including phenoxy) is 1. The normalized spacial score (nSPS) is 51.7. The summed E-state index contributed by atoms with van der Waals surface area (Å²) in [6.07, 6.45) is 10.2. The number of aliphatic hydroxyl groups is 1. The molecule has 3 spiro atoms. The highest BCUT2D eigenvalue weighted by Gasteiger charge is 2.77. The Morgan fingerprint density at radius 2 is 1.62 bits per heavy atom. The summed E-state index contributed by atoms with van der Waals surface area (Å²) in [5, 5.41) is 19.3. The standard InChI is InChI=1S/C24H30O5/c25-13-16-7-15(1-2-21(16)26)14-3-5-23(6-4-14)27-24(29-28-23)19-9-17-8-18-10-20(24)12-22(17,18)11-19/h1-2,7,14,17-20,25-26H,3-6,8-13H2/t14-,17?,18?,19?,20?,22?,23+,24?. The molecule has 0 aromatic heterocycles. The fraction of sp³-hybridized carbons (Fsp3) is 0.750. The van der Waals surface area contributed by atoms with Gasteiger partial charge in [0.1, 0.15) is 5.75 Å². The van der Waals surface area contributed by atoms with Gasteiger partial charge in [-0.1, -0.05) is 6.07 Å². The van der Waals surface area contributed by atoms with Crippen molar-refractivity contribution in [3.8, 4) is 5.75 Å². The van der Waals surface area contributed by atoms with E-state index in [0.29, 0.717) is 28.7 Å². The van der Waals surface area contributed by atoms with Gasteiger partial charge in [-0.15, -0.1) is 0 Å². The van der Waals surface area contributed by atoms with Crippen molar-refractivity contribution in [3.63, 3.8) is 0 Å². The van der Waals surface area contributed by atoms with Crippen LogP contribution in [0.15, 0.2) is 18.2 Å². The molecule has 1 saturated heterocycles. The van der Waals surface area contributed by atoms with Gasteiger partial charge in [-0.05, 0) is 85.8 Å². The van der Waals surface area contributed by atoms with Crippen LogP contribution in [-0.4, -0.2) is 21.8 Å².